The van der Waals surface area contributed by atoms with E-state index in [0.717, 1.165) is 13.1 Å². The predicted molar refractivity (Wildman–Crippen MR) is 24.3 cm³/mol. The summed E-state index contributed by atoms with van der Waals surface area (Å²) in [5.74, 6) is 4.77. The molecule has 4 heteroatoms. The van der Waals surface area contributed by atoms with Crippen molar-refractivity contribution >= 4 is 6.03 Å². The predicted octanol–water partition coefficient (Wildman–Crippen LogP) is -1.11. The maximum atomic E-state index is 10.3. The van der Waals surface area contributed by atoms with Crippen LogP contribution < -0.4 is 11.3 Å². The van der Waals surface area contributed by atoms with E-state index >= 15 is 0 Å². The van der Waals surface area contributed by atoms with E-state index < -0.39 is 0 Å². The van der Waals surface area contributed by atoms with Crippen molar-refractivity contribution in [3.05, 3.63) is 0 Å². The van der Waals surface area contributed by atoms with Crippen LogP contribution in [0.15, 0.2) is 0 Å². The van der Waals surface area contributed by atoms with E-state index in [2.05, 4.69) is 0 Å². The monoisotopic (exact) mass is 101 g/mol. The molecule has 1 heterocycles. The molecule has 1 rings (SSSR count). The largest absolute Gasteiger partial charge is 0.331 e. The van der Waals surface area contributed by atoms with Crippen molar-refractivity contribution in [1.29, 1.82) is 0 Å². The Bertz CT molecular complexity index is 88.2. The maximum Gasteiger partial charge on any atom is 0.331 e. The summed E-state index contributed by atoms with van der Waals surface area (Å²) in [6, 6.07) is -0.181. The van der Waals surface area contributed by atoms with Gasteiger partial charge in [0.05, 0.1) is 0 Å². The molecule has 0 bridgehead atoms. The molecule has 1 aliphatic heterocycles. The fourth-order valence-electron chi connectivity index (χ4n) is 0.344. The van der Waals surface area contributed by atoms with Gasteiger partial charge in [0.15, 0.2) is 0 Å². The molecule has 4 nitrogen and oxygen atoms in total. The van der Waals surface area contributed by atoms with Gasteiger partial charge in [0, 0.05) is 13.1 Å². The number of amides is 2. The van der Waals surface area contributed by atoms with Crippen LogP contribution in [0.1, 0.15) is 0 Å². The minimum Gasteiger partial charge on any atom is -0.320 e. The molecule has 0 spiro atoms. The van der Waals surface area contributed by atoms with E-state index in [1.54, 1.807) is 4.90 Å². The van der Waals surface area contributed by atoms with E-state index in [9.17, 15) is 4.79 Å². The van der Waals surface area contributed by atoms with Gasteiger partial charge in [0.25, 0.3) is 0 Å². The number of carbonyl (C=O) groups excluding carboxylic acids is 1. The molecule has 1 saturated heterocycles. The van der Waals surface area contributed by atoms with Gasteiger partial charge in [-0.2, -0.15) is 0 Å². The zero-order chi connectivity index (χ0) is 5.28. The van der Waals surface area contributed by atoms with Crippen molar-refractivity contribution in [3.8, 4) is 0 Å². The lowest BCUT2D eigenvalue weighted by Gasteiger charge is -1.94. The number of nitrogens with two attached hydrogens (primary N) is 1. The van der Waals surface area contributed by atoms with Crippen LogP contribution in [0.4, 0.5) is 4.79 Å². The van der Waals surface area contributed by atoms with Crippen molar-refractivity contribution in [2.45, 2.75) is 0 Å². The van der Waals surface area contributed by atoms with Gasteiger partial charge >= 0.3 is 6.03 Å². The van der Waals surface area contributed by atoms with Crippen molar-refractivity contribution in [3.63, 3.8) is 0 Å². The first kappa shape index (κ1) is 4.39. The van der Waals surface area contributed by atoms with Gasteiger partial charge in [0.1, 0.15) is 0 Å². The highest BCUT2D eigenvalue weighted by Gasteiger charge is 2.22. The summed E-state index contributed by atoms with van der Waals surface area (Å²) in [7, 11) is 0. The van der Waals surface area contributed by atoms with E-state index in [0.29, 0.717) is 0 Å². The summed E-state index contributed by atoms with van der Waals surface area (Å²) in [5.41, 5.74) is 2.01. The quantitative estimate of drug-likeness (QED) is 0.176. The molecule has 1 fully saturated rings. The zero-order valence-electron chi connectivity index (χ0n) is 3.85. The summed E-state index contributed by atoms with van der Waals surface area (Å²) in [5, 5.41) is 0. The Kier molecular flexibility index (Phi) is 0.867. The Morgan fingerprint density at radius 3 is 2.43 bits per heavy atom. The summed E-state index contributed by atoms with van der Waals surface area (Å²) in [4.78, 5) is 11.9. The molecule has 0 radical (unpaired) electrons. The summed E-state index contributed by atoms with van der Waals surface area (Å²) < 4.78 is 0. The van der Waals surface area contributed by atoms with Crippen LogP contribution in [0, 0.1) is 0 Å². The van der Waals surface area contributed by atoms with Gasteiger partial charge in [-0.3, -0.25) is 5.43 Å². The minimum absolute atomic E-state index is 0.181. The van der Waals surface area contributed by atoms with Gasteiger partial charge in [-0.15, -0.1) is 0 Å². The number of nitrogens with zero attached hydrogens (tertiary/aromatic N) is 1. The average Bonchev–Trinajstić information content (AvgIpc) is 2.44. The Morgan fingerprint density at radius 2 is 2.29 bits per heavy atom. The zero-order valence-corrected chi connectivity index (χ0v) is 3.85. The smallest absolute Gasteiger partial charge is 0.320 e. The van der Waals surface area contributed by atoms with E-state index in [1.807, 2.05) is 5.43 Å². The molecule has 0 aromatic carbocycles. The lowest BCUT2D eigenvalue weighted by Crippen LogP contribution is -2.33. The SMILES string of the molecule is NNC(=O)N1CC1. The van der Waals surface area contributed by atoms with E-state index in [1.165, 1.54) is 0 Å². The Labute approximate surface area is 41.2 Å². The lowest BCUT2D eigenvalue weighted by molar-refractivity contribution is 0.230. The molecular weight excluding hydrogens is 94.1 g/mol. The van der Waals surface area contributed by atoms with Gasteiger partial charge in [-0.05, 0) is 0 Å². The van der Waals surface area contributed by atoms with Crippen molar-refractivity contribution in [2.24, 2.45) is 5.84 Å². The van der Waals surface area contributed by atoms with Gasteiger partial charge in [-0.25, -0.2) is 10.6 Å². The highest BCUT2D eigenvalue weighted by Crippen LogP contribution is 2.00. The van der Waals surface area contributed by atoms with Crippen molar-refractivity contribution in [1.82, 2.24) is 10.3 Å². The van der Waals surface area contributed by atoms with Gasteiger partial charge in [0.2, 0.25) is 0 Å². The van der Waals surface area contributed by atoms with Crippen molar-refractivity contribution < 1.29 is 4.79 Å². The maximum absolute atomic E-state index is 10.3. The molecule has 0 unspecified atom stereocenters. The number of carbonyl (C=O) groups is 1. The van der Waals surface area contributed by atoms with Crippen LogP contribution in [0.2, 0.25) is 0 Å². The van der Waals surface area contributed by atoms with Crippen LogP contribution in [0.3, 0.4) is 0 Å². The first-order valence-electron chi connectivity index (χ1n) is 2.10. The lowest BCUT2D eigenvalue weighted by atomic mass is 11.0. The van der Waals surface area contributed by atoms with Crippen LogP contribution in [-0.4, -0.2) is 24.0 Å². The van der Waals surface area contributed by atoms with Crippen molar-refractivity contribution in [2.75, 3.05) is 13.1 Å². The highest BCUT2D eigenvalue weighted by atomic mass is 16.2. The molecule has 0 atom stereocenters. The number of hydrogen-bond acceptors (Lipinski definition) is 2. The fourth-order valence-corrected chi connectivity index (χ4v) is 0.344. The second-order valence-electron chi connectivity index (χ2n) is 1.44. The minimum atomic E-state index is -0.181. The molecule has 1 aliphatic rings. The second-order valence-corrected chi connectivity index (χ2v) is 1.44. The topological polar surface area (TPSA) is 58.1 Å². The van der Waals surface area contributed by atoms with Crippen LogP contribution in [-0.2, 0) is 0 Å². The van der Waals surface area contributed by atoms with Gasteiger partial charge in [-0.1, -0.05) is 0 Å². The molecule has 2 amide bonds. The number of rotatable bonds is 0. The number of urea groups is 1. The molecule has 7 heavy (non-hydrogen) atoms. The second kappa shape index (κ2) is 1.38. The third-order valence-corrected chi connectivity index (χ3v) is 0.858. The standard InChI is InChI=1S/C3H7N3O/c4-5-3(7)6-1-2-6/h1-2,4H2,(H,5,7). The Balaban J connectivity index is 2.24. The van der Waals surface area contributed by atoms with Crippen LogP contribution >= 0.6 is 0 Å². The van der Waals surface area contributed by atoms with Crippen LogP contribution in [0.5, 0.6) is 0 Å². The first-order valence-corrected chi connectivity index (χ1v) is 2.10. The van der Waals surface area contributed by atoms with E-state index in [-0.39, 0.29) is 6.03 Å². The van der Waals surface area contributed by atoms with E-state index in [4.69, 9.17) is 5.84 Å². The molecule has 0 saturated carbocycles. The average molecular weight is 101 g/mol. The molecule has 0 aromatic heterocycles. The normalized spacial score (nSPS) is 16.4. The Hall–Kier alpha value is -0.770. The fraction of sp³-hybridized carbons (Fsp3) is 0.667. The third-order valence-electron chi connectivity index (χ3n) is 0.858. The summed E-state index contributed by atoms with van der Waals surface area (Å²) >= 11 is 0. The molecule has 3 N–H and O–H groups in total. The number of nitrogens with one attached hydrogen (secondary N) is 1. The first-order chi connectivity index (χ1) is 3.34. The third kappa shape index (κ3) is 0.806. The molecule has 0 aliphatic carbocycles. The van der Waals surface area contributed by atoms with Crippen LogP contribution in [0.25, 0.3) is 0 Å². The summed E-state index contributed by atoms with van der Waals surface area (Å²) in [6.07, 6.45) is 0. The number of hydrazine groups is 1. The number of hydrogen-bond donors (Lipinski definition) is 2. The Morgan fingerprint density at radius 1 is 1.71 bits per heavy atom. The highest BCUT2D eigenvalue weighted by molar-refractivity contribution is 5.75. The molecule has 0 aromatic rings. The van der Waals surface area contributed by atoms with Gasteiger partial charge < -0.3 is 4.90 Å². The summed E-state index contributed by atoms with van der Waals surface area (Å²) in [6.45, 7) is 1.70. The molecule has 40 valence electrons. The molecular formula is C3H7N3O.